The molecule has 1 aliphatic carbocycles. The Bertz CT molecular complexity index is 642. The third kappa shape index (κ3) is 4.82. The van der Waals surface area contributed by atoms with E-state index in [1.807, 2.05) is 0 Å². The minimum atomic E-state index is -0.469. The zero-order valence-electron chi connectivity index (χ0n) is 15.0. The standard InChI is InChI=1S/C19H28N4O2/c1-12(20)16(18(22)25-2)13-8-10-15(11-9-13)23-19(24)17(21)14-6-4-3-5-7-14/h8-11,14,17,22H,3-7,20-21H2,1-2H3,(H,23,24)/b16-12-,22-18?. The molecule has 1 aromatic carbocycles. The molecule has 25 heavy (non-hydrogen) atoms. The zero-order chi connectivity index (χ0) is 18.4. The van der Waals surface area contributed by atoms with Crippen LogP contribution in [-0.2, 0) is 9.53 Å². The van der Waals surface area contributed by atoms with Gasteiger partial charge in [0.25, 0.3) is 0 Å². The van der Waals surface area contributed by atoms with Gasteiger partial charge in [0.15, 0.2) is 0 Å². The lowest BCUT2D eigenvalue weighted by atomic mass is 9.84. The van der Waals surface area contributed by atoms with E-state index >= 15 is 0 Å². The molecule has 0 saturated heterocycles. The first-order chi connectivity index (χ1) is 11.9. The summed E-state index contributed by atoms with van der Waals surface area (Å²) in [6.07, 6.45) is 5.59. The van der Waals surface area contributed by atoms with Gasteiger partial charge >= 0.3 is 0 Å². The van der Waals surface area contributed by atoms with Crippen molar-refractivity contribution in [2.45, 2.75) is 45.1 Å². The summed E-state index contributed by atoms with van der Waals surface area (Å²) in [6.45, 7) is 1.72. The molecule has 1 atom stereocenters. The number of ether oxygens (including phenoxy) is 1. The van der Waals surface area contributed by atoms with Crippen molar-refractivity contribution in [3.05, 3.63) is 35.5 Å². The molecule has 6 heteroatoms. The molecule has 2 rings (SSSR count). The SMILES string of the molecule is COC(=N)/C(=C(/C)N)c1ccc(NC(=O)C(N)C2CCCCC2)cc1. The molecule has 0 spiro atoms. The Morgan fingerprint density at radius 3 is 2.36 bits per heavy atom. The maximum absolute atomic E-state index is 12.4. The predicted molar refractivity (Wildman–Crippen MR) is 101 cm³/mol. The Morgan fingerprint density at radius 2 is 1.84 bits per heavy atom. The fourth-order valence-corrected chi connectivity index (χ4v) is 3.29. The van der Waals surface area contributed by atoms with Crippen molar-refractivity contribution < 1.29 is 9.53 Å². The zero-order valence-corrected chi connectivity index (χ0v) is 15.0. The lowest BCUT2D eigenvalue weighted by molar-refractivity contribution is -0.118. The van der Waals surface area contributed by atoms with E-state index in [0.717, 1.165) is 31.2 Å². The molecule has 1 aliphatic rings. The Morgan fingerprint density at radius 1 is 1.24 bits per heavy atom. The van der Waals surface area contributed by atoms with Crippen LogP contribution < -0.4 is 16.8 Å². The van der Waals surface area contributed by atoms with Crippen LogP contribution in [0.15, 0.2) is 30.0 Å². The first-order valence-electron chi connectivity index (χ1n) is 8.70. The largest absolute Gasteiger partial charge is 0.481 e. The summed E-state index contributed by atoms with van der Waals surface area (Å²) in [4.78, 5) is 12.4. The minimum absolute atomic E-state index is 0.0103. The minimum Gasteiger partial charge on any atom is -0.481 e. The monoisotopic (exact) mass is 344 g/mol. The van der Waals surface area contributed by atoms with Gasteiger partial charge in [-0.05, 0) is 43.4 Å². The third-order valence-electron chi connectivity index (χ3n) is 4.73. The second-order valence-electron chi connectivity index (χ2n) is 6.58. The van der Waals surface area contributed by atoms with Gasteiger partial charge in [-0.2, -0.15) is 0 Å². The number of methoxy groups -OCH3 is 1. The van der Waals surface area contributed by atoms with Crippen LogP contribution in [0.3, 0.4) is 0 Å². The van der Waals surface area contributed by atoms with Crippen LogP contribution >= 0.6 is 0 Å². The molecule has 0 bridgehead atoms. The first kappa shape index (κ1) is 19.0. The van der Waals surface area contributed by atoms with E-state index in [1.54, 1.807) is 31.2 Å². The van der Waals surface area contributed by atoms with Gasteiger partial charge in [-0.15, -0.1) is 0 Å². The smallest absolute Gasteiger partial charge is 0.241 e. The molecular weight excluding hydrogens is 316 g/mol. The second kappa shape index (κ2) is 8.67. The Hall–Kier alpha value is -2.34. The number of allylic oxidation sites excluding steroid dienone is 1. The molecule has 1 amide bonds. The lowest BCUT2D eigenvalue weighted by Gasteiger charge is -2.26. The molecule has 6 nitrogen and oxygen atoms in total. The maximum Gasteiger partial charge on any atom is 0.241 e. The third-order valence-corrected chi connectivity index (χ3v) is 4.73. The van der Waals surface area contributed by atoms with Crippen LogP contribution in [0.1, 0.15) is 44.6 Å². The van der Waals surface area contributed by atoms with E-state index in [2.05, 4.69) is 5.32 Å². The van der Waals surface area contributed by atoms with Crippen LogP contribution in [0.2, 0.25) is 0 Å². The summed E-state index contributed by atoms with van der Waals surface area (Å²) in [7, 11) is 1.44. The highest BCUT2D eigenvalue weighted by molar-refractivity contribution is 6.18. The lowest BCUT2D eigenvalue weighted by Crippen LogP contribution is -2.42. The molecule has 1 unspecified atom stereocenters. The molecule has 0 heterocycles. The Balaban J connectivity index is 2.05. The fourth-order valence-electron chi connectivity index (χ4n) is 3.29. The maximum atomic E-state index is 12.4. The molecule has 0 aliphatic heterocycles. The van der Waals surface area contributed by atoms with Gasteiger partial charge in [0, 0.05) is 11.4 Å². The summed E-state index contributed by atoms with van der Waals surface area (Å²) in [5.41, 5.74) is 14.5. The van der Waals surface area contributed by atoms with Crippen molar-refractivity contribution >= 4 is 23.1 Å². The van der Waals surface area contributed by atoms with Crippen LogP contribution in [-0.4, -0.2) is 25.0 Å². The molecule has 0 aromatic heterocycles. The molecule has 136 valence electrons. The number of carbonyl (C=O) groups excluding carboxylic acids is 1. The summed E-state index contributed by atoms with van der Waals surface area (Å²) in [5.74, 6) is 0.135. The molecule has 0 radical (unpaired) electrons. The van der Waals surface area contributed by atoms with Crippen LogP contribution in [0, 0.1) is 11.3 Å². The van der Waals surface area contributed by atoms with E-state index in [4.69, 9.17) is 21.6 Å². The molecule has 6 N–H and O–H groups in total. The van der Waals surface area contributed by atoms with Crippen molar-refractivity contribution in [3.63, 3.8) is 0 Å². The van der Waals surface area contributed by atoms with Gasteiger partial charge in [0.2, 0.25) is 11.8 Å². The van der Waals surface area contributed by atoms with Crippen molar-refractivity contribution in [1.82, 2.24) is 0 Å². The highest BCUT2D eigenvalue weighted by atomic mass is 16.5. The summed E-state index contributed by atoms with van der Waals surface area (Å²) in [5, 5.41) is 10.7. The normalized spacial score (nSPS) is 17.4. The molecular formula is C19H28N4O2. The highest BCUT2D eigenvalue weighted by Gasteiger charge is 2.26. The van der Waals surface area contributed by atoms with Crippen molar-refractivity contribution in [1.29, 1.82) is 5.41 Å². The van der Waals surface area contributed by atoms with Crippen LogP contribution in [0.5, 0.6) is 0 Å². The van der Waals surface area contributed by atoms with E-state index in [-0.39, 0.29) is 17.7 Å². The molecule has 1 aromatic rings. The summed E-state index contributed by atoms with van der Waals surface area (Å²) < 4.78 is 4.98. The van der Waals surface area contributed by atoms with Crippen molar-refractivity contribution in [2.75, 3.05) is 12.4 Å². The second-order valence-corrected chi connectivity index (χ2v) is 6.58. The van der Waals surface area contributed by atoms with Gasteiger partial charge in [-0.3, -0.25) is 10.2 Å². The quantitative estimate of drug-likeness (QED) is 0.485. The van der Waals surface area contributed by atoms with Gasteiger partial charge in [-0.1, -0.05) is 31.4 Å². The summed E-state index contributed by atoms with van der Waals surface area (Å²) in [6, 6.07) is 6.71. The van der Waals surface area contributed by atoms with Gasteiger partial charge in [-0.25, -0.2) is 0 Å². The number of nitrogens with two attached hydrogens (primary N) is 2. The van der Waals surface area contributed by atoms with Crippen molar-refractivity contribution in [3.8, 4) is 0 Å². The highest BCUT2D eigenvalue weighted by Crippen LogP contribution is 2.26. The number of hydrogen-bond donors (Lipinski definition) is 4. The fraction of sp³-hybridized carbons (Fsp3) is 0.474. The number of amides is 1. The number of nitrogens with one attached hydrogen (secondary N) is 2. The van der Waals surface area contributed by atoms with Gasteiger partial charge in [0.1, 0.15) is 0 Å². The van der Waals surface area contributed by atoms with E-state index < -0.39 is 6.04 Å². The van der Waals surface area contributed by atoms with E-state index in [1.165, 1.54) is 13.5 Å². The summed E-state index contributed by atoms with van der Waals surface area (Å²) >= 11 is 0. The Kier molecular flexibility index (Phi) is 6.58. The average Bonchev–Trinajstić information content (AvgIpc) is 2.62. The predicted octanol–water partition coefficient (Wildman–Crippen LogP) is 2.85. The number of anilines is 1. The molecule has 1 saturated carbocycles. The van der Waals surface area contributed by atoms with Crippen LogP contribution in [0.4, 0.5) is 5.69 Å². The van der Waals surface area contributed by atoms with Crippen molar-refractivity contribution in [2.24, 2.45) is 17.4 Å². The van der Waals surface area contributed by atoms with E-state index in [9.17, 15) is 4.79 Å². The molecule has 1 fully saturated rings. The number of benzene rings is 1. The van der Waals surface area contributed by atoms with E-state index in [0.29, 0.717) is 17.0 Å². The number of rotatable bonds is 5. The average molecular weight is 344 g/mol. The Labute approximate surface area is 149 Å². The van der Waals surface area contributed by atoms with Gasteiger partial charge < -0.3 is 21.5 Å². The number of hydrogen-bond acceptors (Lipinski definition) is 5. The first-order valence-corrected chi connectivity index (χ1v) is 8.70. The number of carbonyl (C=O) groups is 1. The van der Waals surface area contributed by atoms with Gasteiger partial charge in [0.05, 0.1) is 18.7 Å². The van der Waals surface area contributed by atoms with Crippen LogP contribution in [0.25, 0.3) is 5.57 Å². The topological polar surface area (TPSA) is 114 Å².